The van der Waals surface area contributed by atoms with Crippen LogP contribution in [0.4, 0.5) is 18.9 Å². The summed E-state index contributed by atoms with van der Waals surface area (Å²) in [6.07, 6.45) is -3.29. The molecular weight excluding hydrogens is 409 g/mol. The quantitative estimate of drug-likeness (QED) is 0.529. The summed E-state index contributed by atoms with van der Waals surface area (Å²) in [4.78, 5) is 20.7. The largest absolute Gasteiger partial charge is 0.471 e. The Balaban J connectivity index is 1.43. The van der Waals surface area contributed by atoms with Gasteiger partial charge in [0, 0.05) is 10.6 Å². The van der Waals surface area contributed by atoms with E-state index in [1.54, 1.807) is 36.4 Å². The third-order valence-corrected chi connectivity index (χ3v) is 4.71. The highest BCUT2D eigenvalue weighted by Crippen LogP contribution is 2.31. The Morgan fingerprint density at radius 3 is 2.69 bits per heavy atom. The normalized spacial score (nSPS) is 11.6. The monoisotopic (exact) mass is 420 g/mol. The average molecular weight is 420 g/mol. The number of carbonyl (C=O) groups excluding carboxylic acids is 1. The first-order valence-electron chi connectivity index (χ1n) is 8.14. The van der Waals surface area contributed by atoms with Gasteiger partial charge in [-0.25, -0.2) is 9.67 Å². The van der Waals surface area contributed by atoms with E-state index in [0.717, 1.165) is 4.88 Å². The van der Waals surface area contributed by atoms with Crippen LogP contribution in [0.15, 0.2) is 53.3 Å². The smallest absolute Gasteiger partial charge is 0.329 e. The number of aromatic nitrogens is 5. The Hall–Kier alpha value is -3.54. The number of nitrogens with zero attached hydrogens (tertiary/aromatic N) is 5. The van der Waals surface area contributed by atoms with E-state index in [-0.39, 0.29) is 18.2 Å². The van der Waals surface area contributed by atoms with Crippen molar-refractivity contribution in [1.29, 1.82) is 0 Å². The SMILES string of the molecule is O=C(Nc1ccccc1)c1ncn(Cc2ccc(-c3noc(C(F)(F)F)n3)s2)n1. The summed E-state index contributed by atoms with van der Waals surface area (Å²) in [5.74, 6) is -1.99. The molecule has 3 aromatic heterocycles. The minimum absolute atomic E-state index is 0.00128. The number of hydrogen-bond acceptors (Lipinski definition) is 7. The van der Waals surface area contributed by atoms with Crippen LogP contribution in [0.2, 0.25) is 0 Å². The molecule has 0 aliphatic heterocycles. The molecule has 0 saturated carbocycles. The molecule has 8 nitrogen and oxygen atoms in total. The van der Waals surface area contributed by atoms with E-state index in [1.807, 2.05) is 6.07 Å². The molecular formula is C17H11F3N6O2S. The van der Waals surface area contributed by atoms with Crippen molar-refractivity contribution in [3.63, 3.8) is 0 Å². The standard InChI is InChI=1S/C17H11F3N6O2S/c18-17(19,20)16-23-13(25-28-16)12-7-6-11(29-12)8-26-9-21-14(24-26)15(27)22-10-4-2-1-3-5-10/h1-7,9H,8H2,(H,22,27). The topological polar surface area (TPSA) is 98.7 Å². The summed E-state index contributed by atoms with van der Waals surface area (Å²) >= 11 is 1.18. The van der Waals surface area contributed by atoms with E-state index in [1.165, 1.54) is 22.3 Å². The van der Waals surface area contributed by atoms with Gasteiger partial charge < -0.3 is 9.84 Å². The maximum atomic E-state index is 12.6. The average Bonchev–Trinajstić information content (AvgIpc) is 3.43. The highest BCUT2D eigenvalue weighted by molar-refractivity contribution is 7.15. The van der Waals surface area contributed by atoms with Crippen molar-refractivity contribution >= 4 is 22.9 Å². The lowest BCUT2D eigenvalue weighted by Gasteiger charge is -2.01. The number of amides is 1. The van der Waals surface area contributed by atoms with Crippen molar-refractivity contribution in [2.45, 2.75) is 12.7 Å². The van der Waals surface area contributed by atoms with Gasteiger partial charge in [-0.2, -0.15) is 18.2 Å². The highest BCUT2D eigenvalue weighted by Gasteiger charge is 2.38. The summed E-state index contributed by atoms with van der Waals surface area (Å²) in [6.45, 7) is 0.278. The molecule has 4 rings (SSSR count). The van der Waals surface area contributed by atoms with Crippen LogP contribution >= 0.6 is 11.3 Å². The molecule has 1 N–H and O–H groups in total. The van der Waals surface area contributed by atoms with Gasteiger partial charge >= 0.3 is 12.1 Å². The minimum atomic E-state index is -4.69. The van der Waals surface area contributed by atoms with E-state index in [0.29, 0.717) is 10.6 Å². The van der Waals surface area contributed by atoms with E-state index in [9.17, 15) is 18.0 Å². The Morgan fingerprint density at radius 2 is 1.97 bits per heavy atom. The molecule has 4 aromatic rings. The first-order valence-corrected chi connectivity index (χ1v) is 8.96. The number of carbonyl (C=O) groups is 1. The van der Waals surface area contributed by atoms with Gasteiger partial charge in [0.2, 0.25) is 11.6 Å². The van der Waals surface area contributed by atoms with Gasteiger partial charge in [0.05, 0.1) is 11.4 Å². The van der Waals surface area contributed by atoms with E-state index in [2.05, 4.69) is 30.1 Å². The predicted molar refractivity (Wildman–Crippen MR) is 96.1 cm³/mol. The molecule has 1 amide bonds. The van der Waals surface area contributed by atoms with Gasteiger partial charge in [0.15, 0.2) is 0 Å². The molecule has 1 aromatic carbocycles. The van der Waals surface area contributed by atoms with Crippen LogP contribution in [0.3, 0.4) is 0 Å². The first-order chi connectivity index (χ1) is 13.9. The Labute approximate surface area is 165 Å². The molecule has 0 spiro atoms. The second kappa shape index (κ2) is 7.47. The van der Waals surface area contributed by atoms with Gasteiger partial charge in [-0.15, -0.1) is 16.4 Å². The number of para-hydroxylation sites is 1. The van der Waals surface area contributed by atoms with E-state index in [4.69, 9.17) is 0 Å². The molecule has 0 saturated heterocycles. The molecule has 148 valence electrons. The number of hydrogen-bond donors (Lipinski definition) is 1. The summed E-state index contributed by atoms with van der Waals surface area (Å²) in [5, 5.41) is 10.2. The highest BCUT2D eigenvalue weighted by atomic mass is 32.1. The maximum Gasteiger partial charge on any atom is 0.471 e. The third-order valence-electron chi connectivity index (χ3n) is 3.64. The zero-order valence-corrected chi connectivity index (χ0v) is 15.2. The molecule has 0 aliphatic rings. The lowest BCUT2D eigenvalue weighted by molar-refractivity contribution is -0.159. The van der Waals surface area contributed by atoms with Crippen molar-refractivity contribution in [1.82, 2.24) is 24.9 Å². The fourth-order valence-corrected chi connectivity index (χ4v) is 3.29. The molecule has 0 atom stereocenters. The number of anilines is 1. The van der Waals surface area contributed by atoms with Gasteiger partial charge in [-0.3, -0.25) is 4.79 Å². The van der Waals surface area contributed by atoms with Crippen molar-refractivity contribution in [3.8, 4) is 10.7 Å². The molecule has 29 heavy (non-hydrogen) atoms. The van der Waals surface area contributed by atoms with Crippen LogP contribution in [0.5, 0.6) is 0 Å². The van der Waals surface area contributed by atoms with Crippen molar-refractivity contribution in [3.05, 3.63) is 65.4 Å². The number of rotatable bonds is 5. The van der Waals surface area contributed by atoms with Crippen LogP contribution in [0.25, 0.3) is 10.7 Å². The van der Waals surface area contributed by atoms with Crippen LogP contribution in [0, 0.1) is 0 Å². The molecule has 0 fully saturated rings. The Morgan fingerprint density at radius 1 is 1.17 bits per heavy atom. The fraction of sp³-hybridized carbons (Fsp3) is 0.118. The molecule has 0 bridgehead atoms. The van der Waals surface area contributed by atoms with Crippen LogP contribution in [-0.4, -0.2) is 30.8 Å². The summed E-state index contributed by atoms with van der Waals surface area (Å²) in [6, 6.07) is 12.2. The predicted octanol–water partition coefficient (Wildman–Crippen LogP) is 3.71. The second-order valence-corrected chi connectivity index (χ2v) is 6.94. The number of nitrogens with one attached hydrogen (secondary N) is 1. The first kappa shape index (κ1) is 18.8. The number of alkyl halides is 3. The molecule has 0 radical (unpaired) electrons. The summed E-state index contributed by atoms with van der Waals surface area (Å²) in [5.41, 5.74) is 0.620. The molecule has 0 unspecified atom stereocenters. The Kier molecular flexibility index (Phi) is 4.84. The Bertz CT molecular complexity index is 1140. The third kappa shape index (κ3) is 4.32. The maximum absolute atomic E-state index is 12.6. The van der Waals surface area contributed by atoms with Gasteiger partial charge in [-0.05, 0) is 24.3 Å². The van der Waals surface area contributed by atoms with E-state index >= 15 is 0 Å². The lowest BCUT2D eigenvalue weighted by atomic mass is 10.3. The summed E-state index contributed by atoms with van der Waals surface area (Å²) < 4.78 is 43.4. The molecule has 0 aliphatic carbocycles. The molecule has 12 heteroatoms. The fourth-order valence-electron chi connectivity index (χ4n) is 2.36. The second-order valence-electron chi connectivity index (χ2n) is 5.77. The van der Waals surface area contributed by atoms with Crippen molar-refractivity contribution in [2.24, 2.45) is 0 Å². The van der Waals surface area contributed by atoms with Crippen LogP contribution < -0.4 is 5.32 Å². The van der Waals surface area contributed by atoms with Crippen LogP contribution in [-0.2, 0) is 12.7 Å². The summed E-state index contributed by atoms with van der Waals surface area (Å²) in [7, 11) is 0. The van der Waals surface area contributed by atoms with Gasteiger partial charge in [-0.1, -0.05) is 23.4 Å². The van der Waals surface area contributed by atoms with Crippen molar-refractivity contribution < 1.29 is 22.5 Å². The lowest BCUT2D eigenvalue weighted by Crippen LogP contribution is -2.14. The van der Waals surface area contributed by atoms with Crippen LogP contribution in [0.1, 0.15) is 21.4 Å². The number of halogens is 3. The van der Waals surface area contributed by atoms with Crippen molar-refractivity contribution in [2.75, 3.05) is 5.32 Å². The zero-order chi connectivity index (χ0) is 20.4. The number of thiophene rings is 1. The van der Waals surface area contributed by atoms with Gasteiger partial charge in [0.1, 0.15) is 6.33 Å². The number of benzene rings is 1. The zero-order valence-electron chi connectivity index (χ0n) is 14.4. The minimum Gasteiger partial charge on any atom is -0.329 e. The van der Waals surface area contributed by atoms with E-state index < -0.39 is 18.0 Å². The van der Waals surface area contributed by atoms with Gasteiger partial charge in [0.25, 0.3) is 5.91 Å². The molecule has 3 heterocycles.